The maximum absolute atomic E-state index is 9.26. The highest BCUT2D eigenvalue weighted by molar-refractivity contribution is 4.90. The third-order valence-electron chi connectivity index (χ3n) is 3.75. The van der Waals surface area contributed by atoms with Gasteiger partial charge in [-0.05, 0) is 38.1 Å². The number of aliphatic hydroxyl groups excluding tert-OH is 1. The molecule has 2 rings (SSSR count). The molecule has 0 saturated carbocycles. The van der Waals surface area contributed by atoms with E-state index in [1.807, 2.05) is 6.92 Å². The molecule has 21 heavy (non-hydrogen) atoms. The zero-order valence-corrected chi connectivity index (χ0v) is 13.3. The lowest BCUT2D eigenvalue weighted by molar-refractivity contribution is 0.0402. The number of likely N-dealkylation sites (tertiary alicyclic amines) is 1. The van der Waals surface area contributed by atoms with Crippen LogP contribution in [0.25, 0.3) is 0 Å². The van der Waals surface area contributed by atoms with Gasteiger partial charge in [0, 0.05) is 19.8 Å². The molecule has 0 radical (unpaired) electrons. The lowest BCUT2D eigenvalue weighted by Crippen LogP contribution is -2.36. The van der Waals surface area contributed by atoms with E-state index in [9.17, 15) is 5.11 Å². The first kappa shape index (κ1) is 16.4. The van der Waals surface area contributed by atoms with Crippen LogP contribution in [0.2, 0.25) is 0 Å². The van der Waals surface area contributed by atoms with Gasteiger partial charge in [-0.1, -0.05) is 19.0 Å². The molecule has 2 atom stereocenters. The Labute approximate surface area is 126 Å². The van der Waals surface area contributed by atoms with Crippen molar-refractivity contribution in [2.45, 2.75) is 46.3 Å². The molecule has 6 heteroatoms. The van der Waals surface area contributed by atoms with Crippen molar-refractivity contribution in [1.82, 2.24) is 15.0 Å². The van der Waals surface area contributed by atoms with Gasteiger partial charge >= 0.3 is 0 Å². The minimum absolute atomic E-state index is 0.142. The molecule has 0 spiro atoms. The van der Waals surface area contributed by atoms with Gasteiger partial charge in [0.1, 0.15) is 6.10 Å². The van der Waals surface area contributed by atoms with Crippen molar-refractivity contribution in [3.63, 3.8) is 0 Å². The minimum atomic E-state index is -0.142. The van der Waals surface area contributed by atoms with E-state index in [-0.39, 0.29) is 12.7 Å². The van der Waals surface area contributed by atoms with Gasteiger partial charge < -0.3 is 14.4 Å². The Balaban J connectivity index is 1.84. The van der Waals surface area contributed by atoms with Gasteiger partial charge in [0.25, 0.3) is 0 Å². The second-order valence-electron chi connectivity index (χ2n) is 6.34. The molecule has 1 aromatic heterocycles. The monoisotopic (exact) mass is 297 g/mol. The molecule has 2 heterocycles. The Morgan fingerprint density at radius 1 is 1.43 bits per heavy atom. The standard InChI is InChI=1S/C15H27N3O3/c1-11(2)10-20-12(3)15-16-14(21-17-15)8-18-6-4-5-13(7-18)9-19/h11-13,19H,4-10H2,1-3H3. The number of hydrogen-bond acceptors (Lipinski definition) is 6. The fourth-order valence-electron chi connectivity index (χ4n) is 2.54. The Bertz CT molecular complexity index is 422. The number of ether oxygens (including phenoxy) is 1. The highest BCUT2D eigenvalue weighted by Crippen LogP contribution is 2.19. The molecule has 2 unspecified atom stereocenters. The van der Waals surface area contributed by atoms with Crippen molar-refractivity contribution in [1.29, 1.82) is 0 Å². The van der Waals surface area contributed by atoms with Crippen LogP contribution >= 0.6 is 0 Å². The van der Waals surface area contributed by atoms with Gasteiger partial charge in [-0.3, -0.25) is 4.90 Å². The van der Waals surface area contributed by atoms with Crippen molar-refractivity contribution in [3.05, 3.63) is 11.7 Å². The molecule has 6 nitrogen and oxygen atoms in total. The van der Waals surface area contributed by atoms with E-state index in [0.717, 1.165) is 25.9 Å². The molecule has 0 aromatic carbocycles. The van der Waals surface area contributed by atoms with Gasteiger partial charge in [-0.2, -0.15) is 4.98 Å². The summed E-state index contributed by atoms with van der Waals surface area (Å²) in [6, 6.07) is 0. The summed E-state index contributed by atoms with van der Waals surface area (Å²) in [4.78, 5) is 6.69. The SMILES string of the molecule is CC(C)COC(C)c1noc(CN2CCCC(CO)C2)n1. The summed E-state index contributed by atoms with van der Waals surface area (Å²) >= 11 is 0. The topological polar surface area (TPSA) is 71.6 Å². The van der Waals surface area contributed by atoms with Crippen LogP contribution in [0, 0.1) is 11.8 Å². The molecule has 1 fully saturated rings. The van der Waals surface area contributed by atoms with Crippen LogP contribution in [0.1, 0.15) is 51.4 Å². The van der Waals surface area contributed by atoms with Gasteiger partial charge in [-0.15, -0.1) is 0 Å². The number of nitrogens with zero attached hydrogens (tertiary/aromatic N) is 3. The maximum Gasteiger partial charge on any atom is 0.240 e. The first-order valence-electron chi connectivity index (χ1n) is 7.85. The zero-order valence-electron chi connectivity index (χ0n) is 13.3. The highest BCUT2D eigenvalue weighted by Gasteiger charge is 2.22. The number of hydrogen-bond donors (Lipinski definition) is 1. The van der Waals surface area contributed by atoms with E-state index >= 15 is 0 Å². The number of rotatable bonds is 7. The van der Waals surface area contributed by atoms with Gasteiger partial charge in [0.05, 0.1) is 6.54 Å². The minimum Gasteiger partial charge on any atom is -0.396 e. The average Bonchev–Trinajstić information content (AvgIpc) is 2.93. The summed E-state index contributed by atoms with van der Waals surface area (Å²) in [6.07, 6.45) is 2.07. The third kappa shape index (κ3) is 5.05. The fourth-order valence-corrected chi connectivity index (χ4v) is 2.54. The molecule has 120 valence electrons. The van der Waals surface area contributed by atoms with Crippen LogP contribution in [0.4, 0.5) is 0 Å². The second kappa shape index (κ2) is 7.87. The summed E-state index contributed by atoms with van der Waals surface area (Å²) in [5, 5.41) is 13.3. The molecule has 0 bridgehead atoms. The van der Waals surface area contributed by atoms with Crippen molar-refractivity contribution in [2.24, 2.45) is 11.8 Å². The van der Waals surface area contributed by atoms with Crippen LogP contribution in [0.5, 0.6) is 0 Å². The quantitative estimate of drug-likeness (QED) is 0.830. The summed E-state index contributed by atoms with van der Waals surface area (Å²) < 4.78 is 11.0. The van der Waals surface area contributed by atoms with E-state index < -0.39 is 0 Å². The number of aliphatic hydroxyl groups is 1. The summed E-state index contributed by atoms with van der Waals surface area (Å²) in [5.41, 5.74) is 0. The van der Waals surface area contributed by atoms with E-state index in [1.54, 1.807) is 0 Å². The summed E-state index contributed by atoms with van der Waals surface area (Å²) in [7, 11) is 0. The van der Waals surface area contributed by atoms with Crippen LogP contribution in [-0.2, 0) is 11.3 Å². The molecule has 0 aliphatic carbocycles. The van der Waals surface area contributed by atoms with Gasteiger partial charge in [-0.25, -0.2) is 0 Å². The first-order chi connectivity index (χ1) is 10.1. The number of piperidine rings is 1. The average molecular weight is 297 g/mol. The Hall–Kier alpha value is -0.980. The second-order valence-corrected chi connectivity index (χ2v) is 6.34. The lowest BCUT2D eigenvalue weighted by atomic mass is 9.99. The molecule has 0 amide bonds. The molecular formula is C15H27N3O3. The molecule has 1 N–H and O–H groups in total. The summed E-state index contributed by atoms with van der Waals surface area (Å²) in [5.74, 6) is 2.10. The summed E-state index contributed by atoms with van der Waals surface area (Å²) in [6.45, 7) is 9.69. The molecule has 1 aliphatic heterocycles. The van der Waals surface area contributed by atoms with Crippen molar-refractivity contribution >= 4 is 0 Å². The predicted molar refractivity (Wildman–Crippen MR) is 78.6 cm³/mol. The predicted octanol–water partition coefficient (Wildman–Crippen LogP) is 2.01. The molecular weight excluding hydrogens is 270 g/mol. The first-order valence-corrected chi connectivity index (χ1v) is 7.85. The molecule has 1 saturated heterocycles. The van der Waals surface area contributed by atoms with E-state index in [2.05, 4.69) is 28.9 Å². The van der Waals surface area contributed by atoms with Crippen LogP contribution in [0.15, 0.2) is 4.52 Å². The number of aromatic nitrogens is 2. The van der Waals surface area contributed by atoms with Crippen molar-refractivity contribution in [3.8, 4) is 0 Å². The fraction of sp³-hybridized carbons (Fsp3) is 0.867. The Morgan fingerprint density at radius 3 is 2.95 bits per heavy atom. The van der Waals surface area contributed by atoms with E-state index in [4.69, 9.17) is 9.26 Å². The van der Waals surface area contributed by atoms with Crippen LogP contribution in [0.3, 0.4) is 0 Å². The highest BCUT2D eigenvalue weighted by atomic mass is 16.5. The Morgan fingerprint density at radius 2 is 2.24 bits per heavy atom. The maximum atomic E-state index is 9.26. The zero-order chi connectivity index (χ0) is 15.2. The van der Waals surface area contributed by atoms with E-state index in [0.29, 0.717) is 36.7 Å². The van der Waals surface area contributed by atoms with Crippen LogP contribution in [-0.4, -0.2) is 46.5 Å². The molecule has 1 aliphatic rings. The van der Waals surface area contributed by atoms with Gasteiger partial charge in [0.2, 0.25) is 5.89 Å². The van der Waals surface area contributed by atoms with Crippen LogP contribution < -0.4 is 0 Å². The van der Waals surface area contributed by atoms with Crippen molar-refractivity contribution < 1.29 is 14.4 Å². The Kier molecular flexibility index (Phi) is 6.14. The third-order valence-corrected chi connectivity index (χ3v) is 3.75. The molecule has 1 aromatic rings. The van der Waals surface area contributed by atoms with Crippen molar-refractivity contribution in [2.75, 3.05) is 26.3 Å². The normalized spacial score (nSPS) is 21.9. The smallest absolute Gasteiger partial charge is 0.240 e. The van der Waals surface area contributed by atoms with Gasteiger partial charge in [0.15, 0.2) is 5.82 Å². The lowest BCUT2D eigenvalue weighted by Gasteiger charge is -2.30. The largest absolute Gasteiger partial charge is 0.396 e. The van der Waals surface area contributed by atoms with E-state index in [1.165, 1.54) is 0 Å².